The molecule has 0 aliphatic carbocycles. The van der Waals surface area contributed by atoms with Gasteiger partial charge in [-0.3, -0.25) is 9.59 Å². The van der Waals surface area contributed by atoms with Crippen molar-refractivity contribution in [1.29, 1.82) is 0 Å². The molecule has 0 saturated carbocycles. The van der Waals surface area contributed by atoms with Crippen molar-refractivity contribution in [1.82, 2.24) is 15.2 Å². The van der Waals surface area contributed by atoms with E-state index in [0.29, 0.717) is 18.7 Å². The first-order chi connectivity index (χ1) is 11.5. The summed E-state index contributed by atoms with van der Waals surface area (Å²) < 4.78 is 0. The van der Waals surface area contributed by atoms with Crippen molar-refractivity contribution in [3.63, 3.8) is 0 Å². The van der Waals surface area contributed by atoms with E-state index in [0.717, 1.165) is 22.9 Å². The van der Waals surface area contributed by atoms with Gasteiger partial charge in [-0.25, -0.2) is 0 Å². The van der Waals surface area contributed by atoms with Crippen LogP contribution in [-0.2, 0) is 11.2 Å². The molecule has 2 amide bonds. The number of aryl methyl sites for hydroxylation is 1. The van der Waals surface area contributed by atoms with Gasteiger partial charge in [-0.2, -0.15) is 0 Å². The number of nitrogens with one attached hydrogen (secondary N) is 2. The highest BCUT2D eigenvalue weighted by Crippen LogP contribution is 2.23. The Morgan fingerprint density at radius 2 is 2.12 bits per heavy atom. The molecule has 6 nitrogen and oxygen atoms in total. The Morgan fingerprint density at radius 1 is 1.38 bits per heavy atom. The second kappa shape index (κ2) is 6.65. The van der Waals surface area contributed by atoms with Crippen LogP contribution in [-0.4, -0.2) is 52.0 Å². The minimum atomic E-state index is -0.749. The molecule has 0 spiro atoms. The van der Waals surface area contributed by atoms with Crippen LogP contribution in [0.15, 0.2) is 24.3 Å². The van der Waals surface area contributed by atoms with Gasteiger partial charge in [-0.05, 0) is 24.5 Å². The zero-order chi connectivity index (χ0) is 17.3. The number of aliphatic hydroxyl groups is 1. The molecule has 1 saturated heterocycles. The molecule has 1 aliphatic heterocycles. The van der Waals surface area contributed by atoms with Crippen LogP contribution in [0.25, 0.3) is 10.9 Å². The highest BCUT2D eigenvalue weighted by molar-refractivity contribution is 6.01. The minimum Gasteiger partial charge on any atom is -0.389 e. The molecule has 0 unspecified atom stereocenters. The van der Waals surface area contributed by atoms with Gasteiger partial charge < -0.3 is 20.3 Å². The van der Waals surface area contributed by atoms with Gasteiger partial charge in [0, 0.05) is 30.9 Å². The van der Waals surface area contributed by atoms with Gasteiger partial charge in [-0.15, -0.1) is 0 Å². The van der Waals surface area contributed by atoms with Crippen molar-refractivity contribution in [3.05, 3.63) is 35.5 Å². The smallest absolute Gasteiger partial charge is 0.268 e. The van der Waals surface area contributed by atoms with Crippen LogP contribution in [0.5, 0.6) is 0 Å². The molecule has 0 radical (unpaired) electrons. The molecule has 2 heterocycles. The molecular formula is C18H23N3O3. The molecule has 2 aromatic rings. The fourth-order valence-electron chi connectivity index (χ4n) is 3.39. The number of para-hydroxylation sites is 1. The lowest BCUT2D eigenvalue weighted by Crippen LogP contribution is -2.55. The normalized spacial score (nSPS) is 21.0. The van der Waals surface area contributed by atoms with E-state index in [9.17, 15) is 14.7 Å². The maximum absolute atomic E-state index is 12.7. The van der Waals surface area contributed by atoms with Crippen molar-refractivity contribution in [3.8, 4) is 0 Å². The summed E-state index contributed by atoms with van der Waals surface area (Å²) in [6.45, 7) is 4.31. The van der Waals surface area contributed by atoms with E-state index in [2.05, 4.69) is 10.3 Å². The Balaban J connectivity index is 1.77. The van der Waals surface area contributed by atoms with Crippen LogP contribution >= 0.6 is 0 Å². The fourth-order valence-corrected chi connectivity index (χ4v) is 3.39. The number of fused-ring (bicyclic) bond motifs is 1. The standard InChI is InChI=1S/C18H23N3O3/c1-3-12-13-6-4-5-7-14(13)19-17(12)18(24)20-15-8-9-21(11(2)22)10-16(15)23/h4-7,15-16,19,23H,3,8-10H2,1-2H3,(H,20,24)/t15-,16-/m1/s1. The third-order valence-corrected chi connectivity index (χ3v) is 4.74. The number of nitrogens with zero attached hydrogens (tertiary/aromatic N) is 1. The summed E-state index contributed by atoms with van der Waals surface area (Å²) in [5.74, 6) is -0.258. The molecule has 24 heavy (non-hydrogen) atoms. The molecule has 128 valence electrons. The number of aliphatic hydroxyl groups excluding tert-OH is 1. The van der Waals surface area contributed by atoms with Crippen LogP contribution in [0.1, 0.15) is 36.3 Å². The average Bonchev–Trinajstić information content (AvgIpc) is 2.95. The first-order valence-electron chi connectivity index (χ1n) is 8.35. The van der Waals surface area contributed by atoms with Crippen LogP contribution in [0, 0.1) is 0 Å². The second-order valence-corrected chi connectivity index (χ2v) is 6.28. The van der Waals surface area contributed by atoms with E-state index >= 15 is 0 Å². The number of likely N-dealkylation sites (tertiary alicyclic amines) is 1. The Morgan fingerprint density at radius 3 is 2.79 bits per heavy atom. The van der Waals surface area contributed by atoms with Crippen molar-refractivity contribution >= 4 is 22.7 Å². The summed E-state index contributed by atoms with van der Waals surface area (Å²) in [5.41, 5.74) is 2.48. The number of benzene rings is 1. The number of H-pyrrole nitrogens is 1. The average molecular weight is 329 g/mol. The third kappa shape index (κ3) is 3.01. The summed E-state index contributed by atoms with van der Waals surface area (Å²) in [7, 11) is 0. The Labute approximate surface area is 140 Å². The molecule has 3 rings (SSSR count). The number of carbonyl (C=O) groups excluding carboxylic acids is 2. The number of piperidine rings is 1. The summed E-state index contributed by atoms with van der Waals surface area (Å²) in [6, 6.07) is 7.50. The van der Waals surface area contributed by atoms with Crippen molar-refractivity contribution < 1.29 is 14.7 Å². The maximum atomic E-state index is 12.7. The lowest BCUT2D eigenvalue weighted by atomic mass is 10.0. The number of hydrogen-bond acceptors (Lipinski definition) is 3. The van der Waals surface area contributed by atoms with Crippen LogP contribution in [0.4, 0.5) is 0 Å². The van der Waals surface area contributed by atoms with Gasteiger partial charge in [0.25, 0.3) is 5.91 Å². The lowest BCUT2D eigenvalue weighted by Gasteiger charge is -2.35. The highest BCUT2D eigenvalue weighted by Gasteiger charge is 2.31. The van der Waals surface area contributed by atoms with Gasteiger partial charge in [0.1, 0.15) is 5.69 Å². The summed E-state index contributed by atoms with van der Waals surface area (Å²) in [4.78, 5) is 28.9. The SMILES string of the molecule is CCc1c(C(=O)N[C@@H]2CCN(C(C)=O)C[C@H]2O)[nH]c2ccccc12. The van der Waals surface area contributed by atoms with Gasteiger partial charge in [0.05, 0.1) is 12.1 Å². The molecule has 6 heteroatoms. The van der Waals surface area contributed by atoms with Gasteiger partial charge in [-0.1, -0.05) is 25.1 Å². The van der Waals surface area contributed by atoms with E-state index in [1.807, 2.05) is 31.2 Å². The van der Waals surface area contributed by atoms with Crippen molar-refractivity contribution in [2.24, 2.45) is 0 Å². The quantitative estimate of drug-likeness (QED) is 0.796. The molecular weight excluding hydrogens is 306 g/mol. The number of aromatic amines is 1. The van der Waals surface area contributed by atoms with E-state index in [-0.39, 0.29) is 24.4 Å². The largest absolute Gasteiger partial charge is 0.389 e. The van der Waals surface area contributed by atoms with Gasteiger partial charge in [0.15, 0.2) is 0 Å². The van der Waals surface area contributed by atoms with E-state index in [1.165, 1.54) is 6.92 Å². The lowest BCUT2D eigenvalue weighted by molar-refractivity contribution is -0.132. The minimum absolute atomic E-state index is 0.0530. The molecule has 1 aliphatic rings. The number of carbonyl (C=O) groups is 2. The number of rotatable bonds is 3. The summed E-state index contributed by atoms with van der Waals surface area (Å²) >= 11 is 0. The van der Waals surface area contributed by atoms with E-state index in [1.54, 1.807) is 4.90 Å². The molecule has 2 atom stereocenters. The third-order valence-electron chi connectivity index (χ3n) is 4.74. The fraction of sp³-hybridized carbons (Fsp3) is 0.444. The Hall–Kier alpha value is -2.34. The van der Waals surface area contributed by atoms with Crippen LogP contribution < -0.4 is 5.32 Å². The number of aromatic nitrogens is 1. The van der Waals surface area contributed by atoms with Crippen molar-refractivity contribution in [2.45, 2.75) is 38.8 Å². The second-order valence-electron chi connectivity index (χ2n) is 6.28. The maximum Gasteiger partial charge on any atom is 0.268 e. The number of amides is 2. The zero-order valence-electron chi connectivity index (χ0n) is 14.0. The van der Waals surface area contributed by atoms with Crippen molar-refractivity contribution in [2.75, 3.05) is 13.1 Å². The topological polar surface area (TPSA) is 85.4 Å². The Bertz CT molecular complexity index is 768. The molecule has 1 fully saturated rings. The van der Waals surface area contributed by atoms with Gasteiger partial charge in [0.2, 0.25) is 5.91 Å². The van der Waals surface area contributed by atoms with E-state index < -0.39 is 6.10 Å². The predicted octanol–water partition coefficient (Wildman–Crippen LogP) is 1.44. The predicted molar refractivity (Wildman–Crippen MR) is 91.8 cm³/mol. The zero-order valence-corrected chi connectivity index (χ0v) is 14.0. The van der Waals surface area contributed by atoms with E-state index in [4.69, 9.17) is 0 Å². The number of β-amino-alcohol motifs (C(OH)–C–C–N with tert-alkyl or cyclic N) is 1. The summed E-state index contributed by atoms with van der Waals surface area (Å²) in [5, 5.41) is 14.2. The first-order valence-corrected chi connectivity index (χ1v) is 8.35. The van der Waals surface area contributed by atoms with Crippen LogP contribution in [0.2, 0.25) is 0 Å². The molecule has 1 aromatic carbocycles. The molecule has 0 bridgehead atoms. The van der Waals surface area contributed by atoms with Gasteiger partial charge >= 0.3 is 0 Å². The Kier molecular flexibility index (Phi) is 4.57. The van der Waals surface area contributed by atoms with Crippen LogP contribution in [0.3, 0.4) is 0 Å². The summed E-state index contributed by atoms with van der Waals surface area (Å²) in [6.07, 6.45) is 0.549. The first kappa shape index (κ1) is 16.5. The number of hydrogen-bond donors (Lipinski definition) is 3. The molecule has 3 N–H and O–H groups in total. The highest BCUT2D eigenvalue weighted by atomic mass is 16.3. The monoisotopic (exact) mass is 329 g/mol. The molecule has 1 aromatic heterocycles.